The standard InChI is InChI=1S/C19H21Cl3N2O4S/c1-13(12-28-2)23-19(25)11-24(10-16-17(21)4-3-5-18(16)22)29(26,27)15-8-6-14(20)7-9-15/h3-9,13H,10-12H2,1-2H3,(H,23,25). The third kappa shape index (κ3) is 6.57. The molecule has 158 valence electrons. The van der Waals surface area contributed by atoms with Gasteiger partial charge >= 0.3 is 0 Å². The molecule has 1 N–H and O–H groups in total. The zero-order valence-electron chi connectivity index (χ0n) is 15.9. The van der Waals surface area contributed by atoms with Crippen LogP contribution < -0.4 is 5.32 Å². The summed E-state index contributed by atoms with van der Waals surface area (Å²) in [7, 11) is -2.51. The molecular weight excluding hydrogens is 459 g/mol. The van der Waals surface area contributed by atoms with E-state index in [0.717, 1.165) is 4.31 Å². The Morgan fingerprint density at radius 3 is 2.24 bits per heavy atom. The molecule has 0 spiro atoms. The van der Waals surface area contributed by atoms with Crippen molar-refractivity contribution in [3.63, 3.8) is 0 Å². The maximum absolute atomic E-state index is 13.2. The molecule has 10 heteroatoms. The minimum atomic E-state index is -4.03. The van der Waals surface area contributed by atoms with Gasteiger partial charge in [-0.25, -0.2) is 8.42 Å². The minimum absolute atomic E-state index is 0.00261. The monoisotopic (exact) mass is 478 g/mol. The molecular formula is C19H21Cl3N2O4S. The Morgan fingerprint density at radius 2 is 1.69 bits per heavy atom. The zero-order chi connectivity index (χ0) is 21.6. The van der Waals surface area contributed by atoms with Crippen LogP contribution in [-0.4, -0.2) is 44.9 Å². The van der Waals surface area contributed by atoms with Crippen molar-refractivity contribution in [2.45, 2.75) is 24.4 Å². The summed E-state index contributed by atoms with van der Waals surface area (Å²) in [5.41, 5.74) is 0.408. The fraction of sp³-hybridized carbons (Fsp3) is 0.316. The summed E-state index contributed by atoms with van der Waals surface area (Å²) in [6, 6.07) is 10.3. The SMILES string of the molecule is COCC(C)NC(=O)CN(Cc1c(Cl)cccc1Cl)S(=O)(=O)c1ccc(Cl)cc1. The summed E-state index contributed by atoms with van der Waals surface area (Å²) in [6.45, 7) is 1.46. The first-order chi connectivity index (χ1) is 13.6. The predicted octanol–water partition coefficient (Wildman–Crippen LogP) is 3.99. The first kappa shape index (κ1) is 23.9. The summed E-state index contributed by atoms with van der Waals surface area (Å²) >= 11 is 18.3. The Kier molecular flexibility index (Phi) is 8.75. The van der Waals surface area contributed by atoms with Gasteiger partial charge in [0, 0.05) is 40.3 Å². The molecule has 0 radical (unpaired) electrons. The normalized spacial score (nSPS) is 12.8. The van der Waals surface area contributed by atoms with Crippen molar-refractivity contribution in [2.24, 2.45) is 0 Å². The lowest BCUT2D eigenvalue weighted by Gasteiger charge is -2.24. The molecule has 1 atom stereocenters. The lowest BCUT2D eigenvalue weighted by Crippen LogP contribution is -2.44. The predicted molar refractivity (Wildman–Crippen MR) is 115 cm³/mol. The minimum Gasteiger partial charge on any atom is -0.383 e. The average molecular weight is 480 g/mol. The van der Waals surface area contributed by atoms with E-state index in [1.807, 2.05) is 0 Å². The van der Waals surface area contributed by atoms with Crippen LogP contribution in [0, 0.1) is 0 Å². The van der Waals surface area contributed by atoms with E-state index in [-0.39, 0.29) is 17.5 Å². The van der Waals surface area contributed by atoms with Gasteiger partial charge in [-0.15, -0.1) is 0 Å². The molecule has 1 unspecified atom stereocenters. The van der Waals surface area contributed by atoms with Gasteiger partial charge in [-0.3, -0.25) is 4.79 Å². The third-order valence-corrected chi connectivity index (χ3v) is 6.76. The van der Waals surface area contributed by atoms with Crippen molar-refractivity contribution >= 4 is 50.7 Å². The van der Waals surface area contributed by atoms with Gasteiger partial charge in [0.05, 0.1) is 18.0 Å². The number of ether oxygens (including phenoxy) is 1. The second kappa shape index (κ2) is 10.6. The number of carbonyl (C=O) groups is 1. The van der Waals surface area contributed by atoms with Crippen molar-refractivity contribution in [1.29, 1.82) is 0 Å². The Hall–Kier alpha value is -1.35. The summed E-state index contributed by atoms with van der Waals surface area (Å²) in [6.07, 6.45) is 0. The highest BCUT2D eigenvalue weighted by Gasteiger charge is 2.28. The number of hydrogen-bond donors (Lipinski definition) is 1. The highest BCUT2D eigenvalue weighted by Crippen LogP contribution is 2.28. The summed E-state index contributed by atoms with van der Waals surface area (Å²) < 4.78 is 32.4. The van der Waals surface area contributed by atoms with Crippen molar-refractivity contribution in [2.75, 3.05) is 20.3 Å². The van der Waals surface area contributed by atoms with Gasteiger partial charge in [0.1, 0.15) is 0 Å². The molecule has 6 nitrogen and oxygen atoms in total. The number of halogens is 3. The summed E-state index contributed by atoms with van der Waals surface area (Å²) in [5.74, 6) is -0.477. The smallest absolute Gasteiger partial charge is 0.243 e. The van der Waals surface area contributed by atoms with E-state index in [0.29, 0.717) is 27.2 Å². The molecule has 2 rings (SSSR count). The Morgan fingerprint density at radius 1 is 1.10 bits per heavy atom. The zero-order valence-corrected chi connectivity index (χ0v) is 18.9. The van der Waals surface area contributed by atoms with Crippen molar-refractivity contribution in [3.05, 3.63) is 63.1 Å². The first-order valence-electron chi connectivity index (χ1n) is 8.62. The number of rotatable bonds is 9. The van der Waals surface area contributed by atoms with Crippen LogP contribution in [0.25, 0.3) is 0 Å². The molecule has 0 heterocycles. The largest absolute Gasteiger partial charge is 0.383 e. The van der Waals surface area contributed by atoms with Crippen LogP contribution in [0.3, 0.4) is 0 Å². The number of methoxy groups -OCH3 is 1. The van der Waals surface area contributed by atoms with E-state index < -0.39 is 22.5 Å². The van der Waals surface area contributed by atoms with Crippen molar-refractivity contribution in [1.82, 2.24) is 9.62 Å². The molecule has 0 fully saturated rings. The molecule has 0 aliphatic heterocycles. The number of nitrogens with zero attached hydrogens (tertiary/aromatic N) is 1. The second-order valence-electron chi connectivity index (χ2n) is 6.35. The van der Waals surface area contributed by atoms with Crippen LogP contribution in [-0.2, 0) is 26.1 Å². The molecule has 0 aromatic heterocycles. The maximum atomic E-state index is 13.2. The van der Waals surface area contributed by atoms with E-state index in [9.17, 15) is 13.2 Å². The molecule has 29 heavy (non-hydrogen) atoms. The van der Waals surface area contributed by atoms with Gasteiger partial charge < -0.3 is 10.1 Å². The van der Waals surface area contributed by atoms with E-state index in [2.05, 4.69) is 5.32 Å². The number of sulfonamides is 1. The summed E-state index contributed by atoms with van der Waals surface area (Å²) in [5, 5.41) is 3.72. The molecule has 0 bridgehead atoms. The van der Waals surface area contributed by atoms with Gasteiger partial charge in [-0.1, -0.05) is 40.9 Å². The highest BCUT2D eigenvalue weighted by molar-refractivity contribution is 7.89. The number of benzene rings is 2. The third-order valence-electron chi connectivity index (χ3n) is 3.99. The van der Waals surface area contributed by atoms with Gasteiger partial charge in [0.25, 0.3) is 0 Å². The Labute approximate surface area is 185 Å². The van der Waals surface area contributed by atoms with Crippen LogP contribution in [0.1, 0.15) is 12.5 Å². The lowest BCUT2D eigenvalue weighted by molar-refractivity contribution is -0.122. The highest BCUT2D eigenvalue weighted by atomic mass is 35.5. The molecule has 0 aliphatic carbocycles. The second-order valence-corrected chi connectivity index (χ2v) is 9.54. The lowest BCUT2D eigenvalue weighted by atomic mass is 10.2. The molecule has 0 saturated heterocycles. The van der Waals surface area contributed by atoms with Crippen LogP contribution in [0.4, 0.5) is 0 Å². The van der Waals surface area contributed by atoms with Gasteiger partial charge in [-0.05, 0) is 43.3 Å². The van der Waals surface area contributed by atoms with E-state index in [1.54, 1.807) is 25.1 Å². The number of carbonyl (C=O) groups excluding carboxylic acids is 1. The summed E-state index contributed by atoms with van der Waals surface area (Å²) in [4.78, 5) is 12.5. The number of amides is 1. The average Bonchev–Trinajstić information content (AvgIpc) is 2.64. The van der Waals surface area contributed by atoms with E-state index >= 15 is 0 Å². The van der Waals surface area contributed by atoms with Crippen LogP contribution in [0.5, 0.6) is 0 Å². The quantitative estimate of drug-likeness (QED) is 0.590. The van der Waals surface area contributed by atoms with Gasteiger partial charge in [0.2, 0.25) is 15.9 Å². The fourth-order valence-corrected chi connectivity index (χ4v) is 4.62. The Balaban J connectivity index is 2.36. The number of nitrogens with one attached hydrogen (secondary N) is 1. The topological polar surface area (TPSA) is 75.7 Å². The van der Waals surface area contributed by atoms with Gasteiger partial charge in [0.15, 0.2) is 0 Å². The van der Waals surface area contributed by atoms with Crippen LogP contribution in [0.2, 0.25) is 15.1 Å². The molecule has 2 aromatic rings. The van der Waals surface area contributed by atoms with Crippen molar-refractivity contribution < 1.29 is 17.9 Å². The van der Waals surface area contributed by atoms with Crippen LogP contribution >= 0.6 is 34.8 Å². The van der Waals surface area contributed by atoms with Gasteiger partial charge in [-0.2, -0.15) is 4.31 Å². The first-order valence-corrected chi connectivity index (χ1v) is 11.2. The number of hydrogen-bond acceptors (Lipinski definition) is 4. The Bertz CT molecular complexity index is 932. The molecule has 1 amide bonds. The molecule has 0 saturated carbocycles. The maximum Gasteiger partial charge on any atom is 0.243 e. The van der Waals surface area contributed by atoms with E-state index in [1.165, 1.54) is 31.4 Å². The van der Waals surface area contributed by atoms with E-state index in [4.69, 9.17) is 39.5 Å². The molecule has 2 aromatic carbocycles. The molecule has 0 aliphatic rings. The fourth-order valence-electron chi connectivity index (χ4n) is 2.61. The van der Waals surface area contributed by atoms with Crippen LogP contribution in [0.15, 0.2) is 47.4 Å². The van der Waals surface area contributed by atoms with Crippen molar-refractivity contribution in [3.8, 4) is 0 Å².